The van der Waals surface area contributed by atoms with Crippen molar-refractivity contribution in [2.45, 2.75) is 26.3 Å². The normalized spacial score (nSPS) is 15.1. The van der Waals surface area contributed by atoms with Crippen molar-refractivity contribution < 1.29 is 4.79 Å². The van der Waals surface area contributed by atoms with Crippen molar-refractivity contribution in [1.29, 1.82) is 0 Å². The highest BCUT2D eigenvalue weighted by molar-refractivity contribution is 6.04. The van der Waals surface area contributed by atoms with Gasteiger partial charge in [-0.1, -0.05) is 25.1 Å². The lowest BCUT2D eigenvalue weighted by atomic mass is 10.00. The number of likely N-dealkylation sites (N-methyl/N-ethyl adjacent to an activating group) is 1. The molecule has 1 amide bonds. The van der Waals surface area contributed by atoms with Crippen molar-refractivity contribution in [1.82, 2.24) is 24.8 Å². The maximum atomic E-state index is 13.1. The Morgan fingerprint density at radius 2 is 1.79 bits per heavy atom. The van der Waals surface area contributed by atoms with Crippen molar-refractivity contribution >= 4 is 23.2 Å². The highest BCUT2D eigenvalue weighted by atomic mass is 16.1. The van der Waals surface area contributed by atoms with Crippen LogP contribution in [0.2, 0.25) is 0 Å². The second-order valence-corrected chi connectivity index (χ2v) is 10.0. The van der Waals surface area contributed by atoms with E-state index in [1.165, 1.54) is 5.56 Å². The Kier molecular flexibility index (Phi) is 8.24. The van der Waals surface area contributed by atoms with Gasteiger partial charge in [0.05, 0.1) is 5.69 Å². The minimum atomic E-state index is -0.140. The van der Waals surface area contributed by atoms with E-state index in [4.69, 9.17) is 0 Å². The highest BCUT2D eigenvalue weighted by Gasteiger charge is 2.22. The van der Waals surface area contributed by atoms with Gasteiger partial charge >= 0.3 is 0 Å². The van der Waals surface area contributed by atoms with Crippen LogP contribution in [0.15, 0.2) is 79.3 Å². The summed E-state index contributed by atoms with van der Waals surface area (Å²) in [5.74, 6) is 0.336. The van der Waals surface area contributed by atoms with Crippen LogP contribution >= 0.6 is 0 Å². The van der Waals surface area contributed by atoms with Gasteiger partial charge in [0.1, 0.15) is 0 Å². The molecule has 0 spiro atoms. The molecule has 4 aromatic rings. The van der Waals surface area contributed by atoms with E-state index in [2.05, 4.69) is 61.5 Å². The number of anilines is 3. The number of piperazine rings is 1. The average Bonchev–Trinajstić information content (AvgIpc) is 2.97. The van der Waals surface area contributed by atoms with Crippen LogP contribution in [0.5, 0.6) is 0 Å². The van der Waals surface area contributed by atoms with E-state index in [1.54, 1.807) is 18.6 Å². The second-order valence-electron chi connectivity index (χ2n) is 10.0. The van der Waals surface area contributed by atoms with Gasteiger partial charge in [-0.2, -0.15) is 0 Å². The van der Waals surface area contributed by atoms with Crippen LogP contribution in [0, 0.1) is 6.92 Å². The maximum absolute atomic E-state index is 13.1. The van der Waals surface area contributed by atoms with E-state index >= 15 is 0 Å². The van der Waals surface area contributed by atoms with Crippen LogP contribution in [0.25, 0.3) is 11.3 Å². The number of hydrogen-bond acceptors (Lipinski definition) is 7. The molecule has 8 nitrogen and oxygen atoms in total. The van der Waals surface area contributed by atoms with Crippen molar-refractivity contribution in [3.63, 3.8) is 0 Å². The number of nitrogens with one attached hydrogen (secondary N) is 2. The second kappa shape index (κ2) is 12.1. The van der Waals surface area contributed by atoms with E-state index in [9.17, 15) is 4.79 Å². The summed E-state index contributed by atoms with van der Waals surface area (Å²) in [5.41, 5.74) is 6.13. The van der Waals surface area contributed by atoms with Gasteiger partial charge in [0, 0.05) is 73.3 Å². The van der Waals surface area contributed by atoms with Gasteiger partial charge in [0.25, 0.3) is 5.91 Å². The average molecular weight is 522 g/mol. The van der Waals surface area contributed by atoms with Gasteiger partial charge in [-0.3, -0.25) is 14.7 Å². The molecule has 1 atom stereocenters. The predicted octanol–water partition coefficient (Wildman–Crippen LogP) is 5.54. The number of rotatable bonds is 8. The Morgan fingerprint density at radius 3 is 2.51 bits per heavy atom. The van der Waals surface area contributed by atoms with E-state index in [-0.39, 0.29) is 5.91 Å². The molecule has 2 aromatic carbocycles. The Balaban J connectivity index is 1.26. The van der Waals surface area contributed by atoms with E-state index in [0.717, 1.165) is 55.1 Å². The molecule has 0 radical (unpaired) electrons. The van der Waals surface area contributed by atoms with Gasteiger partial charge in [-0.25, -0.2) is 9.97 Å². The molecule has 1 unspecified atom stereocenters. The molecule has 2 aromatic heterocycles. The molecule has 1 fully saturated rings. The van der Waals surface area contributed by atoms with Crippen molar-refractivity contribution in [3.05, 3.63) is 95.9 Å². The van der Waals surface area contributed by atoms with Gasteiger partial charge in [-0.15, -0.1) is 0 Å². The van der Waals surface area contributed by atoms with Crippen LogP contribution in [-0.4, -0.2) is 63.9 Å². The number of hydrogen-bond donors (Lipinski definition) is 2. The first-order chi connectivity index (χ1) is 19.0. The van der Waals surface area contributed by atoms with E-state index in [0.29, 0.717) is 23.2 Å². The SMILES string of the molecule is CCC(c1ccc(C(=O)Nc2ccc(C)c(Nc3nccc(-c4cccnc4)n3)c2)cc1)N1CCN(C)CC1. The summed E-state index contributed by atoms with van der Waals surface area (Å²) in [4.78, 5) is 31.2. The summed E-state index contributed by atoms with van der Waals surface area (Å²) in [5, 5.41) is 6.33. The largest absolute Gasteiger partial charge is 0.324 e. The molecule has 5 rings (SSSR count). The molecule has 1 saturated heterocycles. The zero-order chi connectivity index (χ0) is 27.2. The third-order valence-corrected chi connectivity index (χ3v) is 7.28. The topological polar surface area (TPSA) is 86.3 Å². The molecule has 39 heavy (non-hydrogen) atoms. The van der Waals surface area contributed by atoms with Gasteiger partial charge in [0.2, 0.25) is 5.95 Å². The number of carbonyl (C=O) groups excluding carboxylic acids is 1. The monoisotopic (exact) mass is 521 g/mol. The van der Waals surface area contributed by atoms with Crippen molar-refractivity contribution in [2.24, 2.45) is 0 Å². The highest BCUT2D eigenvalue weighted by Crippen LogP contribution is 2.27. The summed E-state index contributed by atoms with van der Waals surface area (Å²) in [6.45, 7) is 8.55. The first kappa shape index (κ1) is 26.5. The Hall–Kier alpha value is -4.14. The Morgan fingerprint density at radius 1 is 1.00 bits per heavy atom. The van der Waals surface area contributed by atoms with Crippen molar-refractivity contribution in [3.8, 4) is 11.3 Å². The molecule has 0 saturated carbocycles. The first-order valence-electron chi connectivity index (χ1n) is 13.4. The van der Waals surface area contributed by atoms with Crippen LogP contribution in [0.3, 0.4) is 0 Å². The fourth-order valence-corrected chi connectivity index (χ4v) is 4.95. The lowest BCUT2D eigenvalue weighted by Crippen LogP contribution is -2.45. The molecular formula is C31H35N7O. The van der Waals surface area contributed by atoms with E-state index in [1.807, 2.05) is 55.5 Å². The number of carbonyl (C=O) groups is 1. The van der Waals surface area contributed by atoms with Crippen LogP contribution in [0.1, 0.15) is 40.9 Å². The number of aromatic nitrogens is 3. The Labute approximate surface area is 230 Å². The minimum absolute atomic E-state index is 0.140. The minimum Gasteiger partial charge on any atom is -0.324 e. The molecule has 3 heterocycles. The van der Waals surface area contributed by atoms with Gasteiger partial charge in [-0.05, 0) is 74.0 Å². The lowest BCUT2D eigenvalue weighted by Gasteiger charge is -2.38. The molecule has 2 N–H and O–H groups in total. The summed E-state index contributed by atoms with van der Waals surface area (Å²) >= 11 is 0. The fourth-order valence-electron chi connectivity index (χ4n) is 4.95. The summed E-state index contributed by atoms with van der Waals surface area (Å²) in [7, 11) is 2.17. The molecule has 200 valence electrons. The van der Waals surface area contributed by atoms with Crippen LogP contribution in [-0.2, 0) is 0 Å². The number of amides is 1. The quantitative estimate of drug-likeness (QED) is 0.315. The molecule has 0 bridgehead atoms. The summed E-state index contributed by atoms with van der Waals surface area (Å²) < 4.78 is 0. The summed E-state index contributed by atoms with van der Waals surface area (Å²) in [6, 6.07) is 19.9. The van der Waals surface area contributed by atoms with Gasteiger partial charge < -0.3 is 15.5 Å². The fraction of sp³-hybridized carbons (Fsp3) is 0.290. The molecule has 1 aliphatic heterocycles. The molecule has 1 aliphatic rings. The maximum Gasteiger partial charge on any atom is 0.255 e. The number of benzene rings is 2. The number of aryl methyl sites for hydroxylation is 1. The Bertz CT molecular complexity index is 1400. The number of nitrogens with zero attached hydrogens (tertiary/aromatic N) is 5. The van der Waals surface area contributed by atoms with Gasteiger partial charge in [0.15, 0.2) is 0 Å². The molecule has 8 heteroatoms. The molecule has 0 aliphatic carbocycles. The number of pyridine rings is 1. The molecular weight excluding hydrogens is 486 g/mol. The zero-order valence-corrected chi connectivity index (χ0v) is 22.8. The van der Waals surface area contributed by atoms with Crippen LogP contribution in [0.4, 0.5) is 17.3 Å². The first-order valence-corrected chi connectivity index (χ1v) is 13.4. The lowest BCUT2D eigenvalue weighted by molar-refractivity contribution is 0.102. The van der Waals surface area contributed by atoms with Crippen LogP contribution < -0.4 is 10.6 Å². The third-order valence-electron chi connectivity index (χ3n) is 7.28. The third kappa shape index (κ3) is 6.47. The standard InChI is InChI=1S/C31H35N7O/c1-4-29(38-18-16-37(3)17-19-38)23-8-10-24(11-9-23)30(39)34-26-12-7-22(2)28(20-26)36-31-33-15-13-27(35-31)25-6-5-14-32-21-25/h5-15,20-21,29H,4,16-19H2,1-3H3,(H,34,39)(H,33,35,36). The summed E-state index contributed by atoms with van der Waals surface area (Å²) in [6.07, 6.45) is 6.27. The van der Waals surface area contributed by atoms with Crippen molar-refractivity contribution in [2.75, 3.05) is 43.9 Å². The predicted molar refractivity (Wildman–Crippen MR) is 156 cm³/mol. The van der Waals surface area contributed by atoms with E-state index < -0.39 is 0 Å². The smallest absolute Gasteiger partial charge is 0.255 e. The zero-order valence-electron chi connectivity index (χ0n) is 22.8.